The fourth-order valence-electron chi connectivity index (χ4n) is 1.70. The van der Waals surface area contributed by atoms with E-state index in [4.69, 9.17) is 4.42 Å². The van der Waals surface area contributed by atoms with E-state index in [1.807, 2.05) is 24.3 Å². The Morgan fingerprint density at radius 1 is 1.10 bits per heavy atom. The number of fused-ring (bicyclic) bond motifs is 1. The van der Waals surface area contributed by atoms with E-state index >= 15 is 0 Å². The van der Waals surface area contributed by atoms with Crippen molar-refractivity contribution in [1.29, 1.82) is 0 Å². The molecular formula is C14H11N3O3. The van der Waals surface area contributed by atoms with Crippen LogP contribution in [-0.4, -0.2) is 21.4 Å². The van der Waals surface area contributed by atoms with Gasteiger partial charge >= 0.3 is 6.01 Å². The Balaban J connectivity index is 1.75. The highest BCUT2D eigenvalue weighted by molar-refractivity contribution is 5.81. The van der Waals surface area contributed by atoms with Crippen molar-refractivity contribution in [2.24, 2.45) is 5.10 Å². The van der Waals surface area contributed by atoms with Gasteiger partial charge in [-0.1, -0.05) is 12.1 Å². The quantitative estimate of drug-likeness (QED) is 0.386. The molecule has 1 aromatic heterocycles. The van der Waals surface area contributed by atoms with Gasteiger partial charge in [0.25, 0.3) is 0 Å². The Morgan fingerprint density at radius 2 is 1.95 bits per heavy atom. The number of oxazole rings is 1. The largest absolute Gasteiger partial charge is 0.504 e. The molecule has 100 valence electrons. The summed E-state index contributed by atoms with van der Waals surface area (Å²) in [6.07, 6.45) is 1.48. The van der Waals surface area contributed by atoms with Crippen LogP contribution in [0.3, 0.4) is 0 Å². The SMILES string of the molecule is Oc1ccc(/C=N\Nc2nc3ccccc3o2)cc1O. The summed E-state index contributed by atoms with van der Waals surface area (Å²) >= 11 is 0. The van der Waals surface area contributed by atoms with Gasteiger partial charge in [0.1, 0.15) is 5.52 Å². The number of rotatable bonds is 3. The molecule has 6 nitrogen and oxygen atoms in total. The van der Waals surface area contributed by atoms with Crippen LogP contribution in [0.25, 0.3) is 11.1 Å². The lowest BCUT2D eigenvalue weighted by atomic mass is 10.2. The van der Waals surface area contributed by atoms with Crippen molar-refractivity contribution in [1.82, 2.24) is 4.98 Å². The van der Waals surface area contributed by atoms with E-state index in [0.29, 0.717) is 11.1 Å². The number of hydrazone groups is 1. The van der Waals surface area contributed by atoms with E-state index in [1.165, 1.54) is 18.3 Å². The summed E-state index contributed by atoms with van der Waals surface area (Å²) in [5.41, 5.74) is 4.71. The number of aromatic hydroxyl groups is 2. The number of phenolic OH excluding ortho intramolecular Hbond substituents is 2. The smallest absolute Gasteiger partial charge is 0.316 e. The third kappa shape index (κ3) is 2.39. The number of phenols is 2. The Hall–Kier alpha value is -3.02. The Labute approximate surface area is 114 Å². The van der Waals surface area contributed by atoms with E-state index in [9.17, 15) is 10.2 Å². The minimum absolute atomic E-state index is 0.172. The zero-order valence-electron chi connectivity index (χ0n) is 10.3. The first-order valence-electron chi connectivity index (χ1n) is 5.89. The van der Waals surface area contributed by atoms with Gasteiger partial charge < -0.3 is 14.6 Å². The summed E-state index contributed by atoms with van der Waals surface area (Å²) in [5, 5.41) is 22.5. The minimum atomic E-state index is -0.198. The lowest BCUT2D eigenvalue weighted by Gasteiger charge is -1.98. The summed E-state index contributed by atoms with van der Waals surface area (Å²) in [7, 11) is 0. The fraction of sp³-hybridized carbons (Fsp3) is 0. The molecule has 0 aliphatic heterocycles. The molecule has 1 heterocycles. The van der Waals surface area contributed by atoms with Crippen LogP contribution >= 0.6 is 0 Å². The predicted octanol–water partition coefficient (Wildman–Crippen LogP) is 2.69. The second-order valence-electron chi connectivity index (χ2n) is 4.10. The van der Waals surface area contributed by atoms with E-state index in [-0.39, 0.29) is 17.5 Å². The number of nitrogens with one attached hydrogen (secondary N) is 1. The van der Waals surface area contributed by atoms with Gasteiger partial charge in [0.2, 0.25) is 0 Å². The fourth-order valence-corrected chi connectivity index (χ4v) is 1.70. The molecule has 3 aromatic rings. The van der Waals surface area contributed by atoms with Gasteiger partial charge in [-0.3, -0.25) is 0 Å². The molecule has 0 amide bonds. The van der Waals surface area contributed by atoms with Gasteiger partial charge in [0, 0.05) is 0 Å². The van der Waals surface area contributed by atoms with Crippen LogP contribution in [0.15, 0.2) is 52.0 Å². The van der Waals surface area contributed by atoms with Crippen LogP contribution in [-0.2, 0) is 0 Å². The number of benzene rings is 2. The average molecular weight is 269 g/mol. The van der Waals surface area contributed by atoms with Crippen molar-refractivity contribution in [3.8, 4) is 11.5 Å². The number of aromatic nitrogens is 1. The maximum atomic E-state index is 9.35. The number of nitrogens with zero attached hydrogens (tertiary/aromatic N) is 2. The Kier molecular flexibility index (Phi) is 2.96. The van der Waals surface area contributed by atoms with Crippen molar-refractivity contribution in [3.05, 3.63) is 48.0 Å². The molecule has 0 unspecified atom stereocenters. The van der Waals surface area contributed by atoms with Crippen LogP contribution in [0.5, 0.6) is 11.5 Å². The maximum Gasteiger partial charge on any atom is 0.316 e. The molecule has 3 rings (SSSR count). The molecule has 6 heteroatoms. The van der Waals surface area contributed by atoms with Crippen molar-refractivity contribution in [2.75, 3.05) is 5.43 Å². The molecule has 20 heavy (non-hydrogen) atoms. The van der Waals surface area contributed by atoms with Gasteiger partial charge in [0.05, 0.1) is 6.21 Å². The van der Waals surface area contributed by atoms with E-state index in [2.05, 4.69) is 15.5 Å². The van der Waals surface area contributed by atoms with Crippen LogP contribution in [0.1, 0.15) is 5.56 Å². The lowest BCUT2D eigenvalue weighted by Crippen LogP contribution is -1.90. The topological polar surface area (TPSA) is 90.9 Å². The summed E-state index contributed by atoms with van der Waals surface area (Å²) in [5.74, 6) is -0.370. The van der Waals surface area contributed by atoms with Gasteiger partial charge in [-0.25, -0.2) is 5.43 Å². The van der Waals surface area contributed by atoms with E-state index in [0.717, 1.165) is 5.52 Å². The standard InChI is InChI=1S/C14H11N3O3/c18-11-6-5-9(7-12(11)19)8-15-17-14-16-10-3-1-2-4-13(10)20-14/h1-8,18-19H,(H,16,17)/b15-8-. The number of anilines is 1. The van der Waals surface area contributed by atoms with Gasteiger partial charge in [-0.2, -0.15) is 10.1 Å². The molecule has 0 radical (unpaired) electrons. The first-order valence-corrected chi connectivity index (χ1v) is 5.89. The predicted molar refractivity (Wildman–Crippen MR) is 75.0 cm³/mol. The van der Waals surface area contributed by atoms with E-state index in [1.54, 1.807) is 6.07 Å². The van der Waals surface area contributed by atoms with Crippen molar-refractivity contribution in [2.45, 2.75) is 0 Å². The van der Waals surface area contributed by atoms with Gasteiger partial charge in [0.15, 0.2) is 17.1 Å². The third-order valence-electron chi connectivity index (χ3n) is 2.67. The summed E-state index contributed by atoms with van der Waals surface area (Å²) in [6.45, 7) is 0. The zero-order valence-corrected chi connectivity index (χ0v) is 10.3. The molecular weight excluding hydrogens is 258 g/mol. The average Bonchev–Trinajstić information content (AvgIpc) is 2.85. The Morgan fingerprint density at radius 3 is 2.75 bits per heavy atom. The van der Waals surface area contributed by atoms with Crippen molar-refractivity contribution >= 4 is 23.3 Å². The van der Waals surface area contributed by atoms with Crippen LogP contribution in [0.4, 0.5) is 6.01 Å². The number of para-hydroxylation sites is 2. The molecule has 2 aromatic carbocycles. The normalized spacial score (nSPS) is 11.2. The highest BCUT2D eigenvalue weighted by Gasteiger charge is 2.03. The summed E-state index contributed by atoms with van der Waals surface area (Å²) in [4.78, 5) is 4.19. The van der Waals surface area contributed by atoms with Crippen molar-refractivity contribution < 1.29 is 14.6 Å². The second kappa shape index (κ2) is 4.93. The number of hydrogen-bond donors (Lipinski definition) is 3. The van der Waals surface area contributed by atoms with Gasteiger partial charge in [-0.15, -0.1) is 0 Å². The monoisotopic (exact) mass is 269 g/mol. The molecule has 3 N–H and O–H groups in total. The molecule has 0 aliphatic carbocycles. The molecule has 0 bridgehead atoms. The summed E-state index contributed by atoms with van der Waals surface area (Å²) < 4.78 is 5.42. The third-order valence-corrected chi connectivity index (χ3v) is 2.67. The van der Waals surface area contributed by atoms with Crippen LogP contribution in [0, 0.1) is 0 Å². The Bertz CT molecular complexity index is 747. The molecule has 0 fully saturated rings. The summed E-state index contributed by atoms with van der Waals surface area (Å²) in [6, 6.07) is 12.1. The van der Waals surface area contributed by atoms with Crippen LogP contribution in [0.2, 0.25) is 0 Å². The molecule has 0 saturated heterocycles. The number of hydrogen-bond acceptors (Lipinski definition) is 6. The van der Waals surface area contributed by atoms with Crippen molar-refractivity contribution in [3.63, 3.8) is 0 Å². The highest BCUT2D eigenvalue weighted by Crippen LogP contribution is 2.24. The molecule has 0 aliphatic rings. The lowest BCUT2D eigenvalue weighted by molar-refractivity contribution is 0.403. The van der Waals surface area contributed by atoms with E-state index < -0.39 is 0 Å². The second-order valence-corrected chi connectivity index (χ2v) is 4.10. The van der Waals surface area contributed by atoms with Crippen LogP contribution < -0.4 is 5.43 Å². The maximum absolute atomic E-state index is 9.35. The first-order chi connectivity index (χ1) is 9.72. The molecule has 0 spiro atoms. The first kappa shape index (κ1) is 12.0. The highest BCUT2D eigenvalue weighted by atomic mass is 16.4. The van der Waals surface area contributed by atoms with Gasteiger partial charge in [-0.05, 0) is 35.9 Å². The molecule has 0 atom stereocenters. The zero-order chi connectivity index (χ0) is 13.9. The molecule has 0 saturated carbocycles. The minimum Gasteiger partial charge on any atom is -0.504 e.